The van der Waals surface area contributed by atoms with E-state index in [9.17, 15) is 18.8 Å². The number of aromatic amines is 1. The van der Waals surface area contributed by atoms with Gasteiger partial charge >= 0.3 is 12.0 Å². The van der Waals surface area contributed by atoms with Gasteiger partial charge in [-0.05, 0) is 54.1 Å². The summed E-state index contributed by atoms with van der Waals surface area (Å²) in [6.07, 6.45) is 2.80. The van der Waals surface area contributed by atoms with E-state index in [1.807, 2.05) is 0 Å². The van der Waals surface area contributed by atoms with Crippen LogP contribution < -0.4 is 21.1 Å². The van der Waals surface area contributed by atoms with E-state index in [1.165, 1.54) is 37.5 Å². The molecule has 0 aliphatic carbocycles. The van der Waals surface area contributed by atoms with Crippen molar-refractivity contribution in [2.45, 2.75) is 19.9 Å². The van der Waals surface area contributed by atoms with Gasteiger partial charge < -0.3 is 36.6 Å². The van der Waals surface area contributed by atoms with Gasteiger partial charge in [0.05, 0.1) is 28.7 Å². The minimum absolute atomic E-state index is 0.0171. The van der Waals surface area contributed by atoms with E-state index in [1.54, 1.807) is 42.5 Å². The molecule has 0 fully saturated rings. The predicted molar refractivity (Wildman–Crippen MR) is 151 cm³/mol. The molecule has 2 amide bonds. The molecule has 0 aliphatic rings. The molecule has 11 nitrogen and oxygen atoms in total. The fourth-order valence-corrected chi connectivity index (χ4v) is 3.78. The van der Waals surface area contributed by atoms with E-state index in [4.69, 9.17) is 21.0 Å². The summed E-state index contributed by atoms with van der Waals surface area (Å²) in [5.74, 6) is -2.14. The summed E-state index contributed by atoms with van der Waals surface area (Å²) in [5, 5.41) is 22.0. The lowest BCUT2D eigenvalue weighted by Crippen LogP contribution is -2.20. The molecule has 7 N–H and O–H groups in total. The van der Waals surface area contributed by atoms with Gasteiger partial charge in [0, 0.05) is 42.7 Å². The molecule has 0 bridgehead atoms. The SMILES string of the molecule is CC(CC(=N)C(=O)c1c[nH]c(-c2cc(Oc3ccc(NC(=O)Nc4cc(CN)ccc4F)cc3)ccn2)c1)C(=O)O. The Morgan fingerprint density at radius 3 is 2.54 bits per heavy atom. The quantitative estimate of drug-likeness (QED) is 0.105. The highest BCUT2D eigenvalue weighted by Crippen LogP contribution is 2.27. The van der Waals surface area contributed by atoms with Gasteiger partial charge in [-0.3, -0.25) is 14.6 Å². The van der Waals surface area contributed by atoms with Crippen LogP contribution in [-0.2, 0) is 11.3 Å². The Morgan fingerprint density at radius 1 is 1.07 bits per heavy atom. The highest BCUT2D eigenvalue weighted by Gasteiger charge is 2.21. The maximum Gasteiger partial charge on any atom is 0.323 e. The average Bonchev–Trinajstić information content (AvgIpc) is 3.45. The van der Waals surface area contributed by atoms with E-state index in [0.29, 0.717) is 34.1 Å². The van der Waals surface area contributed by atoms with Crippen molar-refractivity contribution in [3.63, 3.8) is 0 Å². The van der Waals surface area contributed by atoms with Gasteiger partial charge in [-0.2, -0.15) is 0 Å². The highest BCUT2D eigenvalue weighted by molar-refractivity contribution is 6.45. The van der Waals surface area contributed by atoms with Crippen molar-refractivity contribution in [2.75, 3.05) is 10.6 Å². The molecule has 0 spiro atoms. The lowest BCUT2D eigenvalue weighted by Gasteiger charge is -2.11. The van der Waals surface area contributed by atoms with Crippen LogP contribution in [0.1, 0.15) is 29.3 Å². The van der Waals surface area contributed by atoms with Gasteiger partial charge in [-0.1, -0.05) is 13.0 Å². The largest absolute Gasteiger partial charge is 0.481 e. The van der Waals surface area contributed by atoms with Crippen molar-refractivity contribution in [3.8, 4) is 22.9 Å². The Morgan fingerprint density at radius 2 is 1.83 bits per heavy atom. The number of carbonyl (C=O) groups is 3. The van der Waals surface area contributed by atoms with Crippen LogP contribution in [0.25, 0.3) is 11.4 Å². The number of anilines is 2. The molecule has 0 aliphatic heterocycles. The van der Waals surface area contributed by atoms with Crippen LogP contribution in [0.4, 0.5) is 20.6 Å². The lowest BCUT2D eigenvalue weighted by molar-refractivity contribution is -0.140. The number of nitrogens with zero attached hydrogens (tertiary/aromatic N) is 1. The number of hydrogen-bond donors (Lipinski definition) is 6. The van der Waals surface area contributed by atoms with Crippen LogP contribution in [-0.4, -0.2) is 38.6 Å². The Labute approximate surface area is 234 Å². The molecule has 210 valence electrons. The number of rotatable bonds is 11. The number of aliphatic carboxylic acids is 1. The Bertz CT molecular complexity index is 1600. The number of benzene rings is 2. The number of pyridine rings is 1. The molecule has 2 aromatic carbocycles. The van der Waals surface area contributed by atoms with Crippen molar-refractivity contribution >= 4 is 34.9 Å². The molecule has 0 saturated heterocycles. The van der Waals surface area contributed by atoms with Gasteiger partial charge in [0.25, 0.3) is 0 Å². The van der Waals surface area contributed by atoms with E-state index in [2.05, 4.69) is 20.6 Å². The first-order valence-electron chi connectivity index (χ1n) is 12.5. The first-order chi connectivity index (χ1) is 19.6. The van der Waals surface area contributed by atoms with Crippen molar-refractivity contribution < 1.29 is 28.6 Å². The monoisotopic (exact) mass is 558 g/mol. The number of carboxylic acid groups (broad SMARTS) is 1. The number of ketones is 1. The smallest absolute Gasteiger partial charge is 0.323 e. The Balaban J connectivity index is 1.37. The molecule has 0 saturated carbocycles. The molecular weight excluding hydrogens is 531 g/mol. The topological polar surface area (TPSA) is 183 Å². The second kappa shape index (κ2) is 12.7. The summed E-state index contributed by atoms with van der Waals surface area (Å²) < 4.78 is 19.9. The minimum Gasteiger partial charge on any atom is -0.481 e. The number of urea groups is 1. The van der Waals surface area contributed by atoms with Crippen LogP contribution in [0.2, 0.25) is 0 Å². The number of Topliss-reactive ketones (excluding diaryl/α,β-unsaturated/α-hetero) is 1. The third-order valence-corrected chi connectivity index (χ3v) is 6.02. The molecule has 4 rings (SSSR count). The van der Waals surface area contributed by atoms with Gasteiger partial charge in [-0.25, -0.2) is 9.18 Å². The van der Waals surface area contributed by atoms with E-state index in [-0.39, 0.29) is 29.9 Å². The number of aromatic nitrogens is 2. The predicted octanol–water partition coefficient (Wildman–Crippen LogP) is 5.42. The second-order valence-electron chi connectivity index (χ2n) is 9.15. The number of H-pyrrole nitrogens is 1. The first kappa shape index (κ1) is 28.6. The number of amides is 2. The van der Waals surface area contributed by atoms with Gasteiger partial charge in [-0.15, -0.1) is 0 Å². The van der Waals surface area contributed by atoms with Gasteiger partial charge in [0.1, 0.15) is 17.3 Å². The van der Waals surface area contributed by atoms with Crippen molar-refractivity contribution in [1.82, 2.24) is 9.97 Å². The van der Waals surface area contributed by atoms with Crippen molar-refractivity contribution in [1.29, 1.82) is 5.41 Å². The Hall–Kier alpha value is -5.36. The number of carbonyl (C=O) groups excluding carboxylic acids is 2. The molecule has 41 heavy (non-hydrogen) atoms. The van der Waals surface area contributed by atoms with E-state index in [0.717, 1.165) is 0 Å². The maximum atomic E-state index is 14.0. The number of ether oxygens (including phenoxy) is 1. The fourth-order valence-electron chi connectivity index (χ4n) is 3.78. The molecule has 12 heteroatoms. The summed E-state index contributed by atoms with van der Waals surface area (Å²) in [7, 11) is 0. The number of halogens is 1. The zero-order valence-electron chi connectivity index (χ0n) is 21.9. The van der Waals surface area contributed by atoms with Crippen LogP contribution in [0, 0.1) is 17.1 Å². The zero-order valence-corrected chi connectivity index (χ0v) is 21.9. The molecule has 1 unspecified atom stereocenters. The van der Waals surface area contributed by atoms with Crippen LogP contribution in [0.15, 0.2) is 73.1 Å². The number of nitrogens with one attached hydrogen (secondary N) is 4. The summed E-state index contributed by atoms with van der Waals surface area (Å²) >= 11 is 0. The average molecular weight is 559 g/mol. The molecular formula is C29H27FN6O5. The normalized spacial score (nSPS) is 11.4. The third kappa shape index (κ3) is 7.40. The van der Waals surface area contributed by atoms with E-state index < -0.39 is 29.5 Å². The standard InChI is InChI=1S/C29H27FN6O5/c1-16(28(38)39)10-23(32)27(37)18-12-25(34-15-18)26-13-21(8-9-33-26)41-20-5-3-19(4-6-20)35-29(40)36-24-11-17(14-31)2-7-22(24)30/h2-9,11-13,15-16,32,34H,10,14,31H2,1H3,(H,38,39)(H2,35,36,40). The second-order valence-corrected chi connectivity index (χ2v) is 9.15. The fraction of sp³-hybridized carbons (Fsp3) is 0.138. The first-order valence-corrected chi connectivity index (χ1v) is 12.5. The highest BCUT2D eigenvalue weighted by atomic mass is 19.1. The molecule has 1 atom stereocenters. The summed E-state index contributed by atoms with van der Waals surface area (Å²) in [6, 6.07) is 15.0. The minimum atomic E-state index is -1.07. The van der Waals surface area contributed by atoms with Crippen molar-refractivity contribution in [2.24, 2.45) is 11.7 Å². The summed E-state index contributed by atoms with van der Waals surface area (Å²) in [6.45, 7) is 1.65. The molecule has 0 radical (unpaired) electrons. The third-order valence-electron chi connectivity index (χ3n) is 6.02. The summed E-state index contributed by atoms with van der Waals surface area (Å²) in [4.78, 5) is 43.1. The summed E-state index contributed by atoms with van der Waals surface area (Å²) in [5.41, 5.74) is 7.63. The van der Waals surface area contributed by atoms with E-state index >= 15 is 0 Å². The van der Waals surface area contributed by atoms with Crippen LogP contribution in [0.3, 0.4) is 0 Å². The molecule has 2 aromatic heterocycles. The number of nitrogens with two attached hydrogens (primary N) is 1. The van der Waals surface area contributed by atoms with Crippen LogP contribution >= 0.6 is 0 Å². The van der Waals surface area contributed by atoms with Gasteiger partial charge in [0.15, 0.2) is 0 Å². The van der Waals surface area contributed by atoms with Gasteiger partial charge in [0.2, 0.25) is 5.78 Å². The van der Waals surface area contributed by atoms with Crippen molar-refractivity contribution in [3.05, 3.63) is 90.0 Å². The Kier molecular flexibility index (Phi) is 8.85. The molecule has 2 heterocycles. The number of hydrogen-bond acceptors (Lipinski definition) is 7. The zero-order chi connectivity index (χ0) is 29.5. The van der Waals surface area contributed by atoms with Crippen LogP contribution in [0.5, 0.6) is 11.5 Å². The lowest BCUT2D eigenvalue weighted by atomic mass is 9.99. The number of carboxylic acids is 1. The maximum absolute atomic E-state index is 14.0. The molecule has 4 aromatic rings.